The van der Waals surface area contributed by atoms with Crippen LogP contribution in [0.5, 0.6) is 0 Å². The van der Waals surface area contributed by atoms with Crippen molar-refractivity contribution in [1.82, 2.24) is 0 Å². The van der Waals surface area contributed by atoms with Crippen LogP contribution in [-0.4, -0.2) is 0 Å². The topological polar surface area (TPSA) is 12.0 Å². The van der Waals surface area contributed by atoms with Crippen LogP contribution in [0.2, 0.25) is 0 Å². The highest BCUT2D eigenvalue weighted by Crippen LogP contribution is 2.26. The molecule has 0 aliphatic rings. The molecule has 1 N–H and O–H groups in total. The molecule has 0 aliphatic carbocycles. The van der Waals surface area contributed by atoms with Gasteiger partial charge in [-0.05, 0) is 52.2 Å². The molecule has 0 atom stereocenters. The summed E-state index contributed by atoms with van der Waals surface area (Å²) in [6, 6.07) is 33.9. The Morgan fingerprint density at radius 3 is 1.83 bits per heavy atom. The average molecular weight is 295 g/mol. The SMILES string of the molecule is c1ccc(Nc2ccc(-c3ccc4ccccc4c3)cc2)cc1. The Labute approximate surface area is 136 Å². The minimum Gasteiger partial charge on any atom is -0.356 e. The number of hydrogen-bond donors (Lipinski definition) is 1. The van der Waals surface area contributed by atoms with Crippen molar-refractivity contribution < 1.29 is 0 Å². The molecule has 1 nitrogen and oxygen atoms in total. The van der Waals surface area contributed by atoms with E-state index in [1.165, 1.54) is 21.9 Å². The summed E-state index contributed by atoms with van der Waals surface area (Å²) < 4.78 is 0. The molecule has 1 heteroatoms. The highest BCUT2D eigenvalue weighted by molar-refractivity contribution is 5.87. The van der Waals surface area contributed by atoms with Crippen molar-refractivity contribution in [3.05, 3.63) is 97.1 Å². The van der Waals surface area contributed by atoms with Crippen LogP contribution < -0.4 is 5.32 Å². The van der Waals surface area contributed by atoms with Gasteiger partial charge in [-0.3, -0.25) is 0 Å². The quantitative estimate of drug-likeness (QED) is 0.471. The molecule has 0 saturated carbocycles. The van der Waals surface area contributed by atoms with E-state index in [1.807, 2.05) is 18.2 Å². The van der Waals surface area contributed by atoms with Crippen LogP contribution in [-0.2, 0) is 0 Å². The molecule has 4 rings (SSSR count). The number of hydrogen-bond acceptors (Lipinski definition) is 1. The largest absolute Gasteiger partial charge is 0.356 e. The van der Waals surface area contributed by atoms with Gasteiger partial charge in [-0.25, -0.2) is 0 Å². The Kier molecular flexibility index (Phi) is 3.53. The Morgan fingerprint density at radius 1 is 0.435 bits per heavy atom. The molecule has 110 valence electrons. The lowest BCUT2D eigenvalue weighted by molar-refractivity contribution is 1.54. The third-order valence-corrected chi connectivity index (χ3v) is 4.03. The van der Waals surface area contributed by atoms with Crippen LogP contribution in [0.3, 0.4) is 0 Å². The molecule has 23 heavy (non-hydrogen) atoms. The third-order valence-electron chi connectivity index (χ3n) is 4.03. The van der Waals surface area contributed by atoms with Gasteiger partial charge in [-0.15, -0.1) is 0 Å². The fourth-order valence-electron chi connectivity index (χ4n) is 2.80. The molecule has 0 bridgehead atoms. The molecule has 0 amide bonds. The molecule has 0 saturated heterocycles. The van der Waals surface area contributed by atoms with Crippen LogP contribution in [0.4, 0.5) is 11.4 Å². The van der Waals surface area contributed by atoms with Gasteiger partial charge in [-0.1, -0.05) is 66.7 Å². The maximum Gasteiger partial charge on any atom is 0.0384 e. The van der Waals surface area contributed by atoms with E-state index in [9.17, 15) is 0 Å². The number of para-hydroxylation sites is 1. The predicted octanol–water partition coefficient (Wildman–Crippen LogP) is 6.25. The van der Waals surface area contributed by atoms with E-state index in [1.54, 1.807) is 0 Å². The zero-order valence-electron chi connectivity index (χ0n) is 12.7. The van der Waals surface area contributed by atoms with E-state index in [0.717, 1.165) is 11.4 Å². The summed E-state index contributed by atoms with van der Waals surface area (Å²) in [6.07, 6.45) is 0. The average Bonchev–Trinajstić information content (AvgIpc) is 2.63. The van der Waals surface area contributed by atoms with Crippen LogP contribution in [0.1, 0.15) is 0 Å². The minimum absolute atomic E-state index is 1.10. The Morgan fingerprint density at radius 2 is 1.04 bits per heavy atom. The van der Waals surface area contributed by atoms with Gasteiger partial charge in [0.2, 0.25) is 0 Å². The standard InChI is InChI=1S/C22H17N/c1-2-8-21(9-3-1)23-22-14-12-18(13-15-22)20-11-10-17-6-4-5-7-19(17)16-20/h1-16,23H. The summed E-state index contributed by atoms with van der Waals surface area (Å²) in [5.41, 5.74) is 4.68. The van der Waals surface area contributed by atoms with Gasteiger partial charge in [0.25, 0.3) is 0 Å². The van der Waals surface area contributed by atoms with E-state index in [2.05, 4.69) is 84.2 Å². The summed E-state index contributed by atoms with van der Waals surface area (Å²) in [5.74, 6) is 0. The number of benzene rings is 4. The fraction of sp³-hybridized carbons (Fsp3) is 0. The highest BCUT2D eigenvalue weighted by atomic mass is 14.9. The van der Waals surface area contributed by atoms with Crippen molar-refractivity contribution in [2.45, 2.75) is 0 Å². The smallest absolute Gasteiger partial charge is 0.0384 e. The van der Waals surface area contributed by atoms with Gasteiger partial charge in [0.05, 0.1) is 0 Å². The zero-order chi connectivity index (χ0) is 15.5. The van der Waals surface area contributed by atoms with Gasteiger partial charge in [0, 0.05) is 11.4 Å². The van der Waals surface area contributed by atoms with Crippen molar-refractivity contribution in [2.24, 2.45) is 0 Å². The van der Waals surface area contributed by atoms with Crippen molar-refractivity contribution in [1.29, 1.82) is 0 Å². The zero-order valence-corrected chi connectivity index (χ0v) is 12.7. The van der Waals surface area contributed by atoms with Crippen molar-refractivity contribution in [3.63, 3.8) is 0 Å². The van der Waals surface area contributed by atoms with Gasteiger partial charge in [0.15, 0.2) is 0 Å². The van der Waals surface area contributed by atoms with Crippen LogP contribution in [0.15, 0.2) is 97.1 Å². The summed E-state index contributed by atoms with van der Waals surface area (Å²) in [6.45, 7) is 0. The molecule has 0 spiro atoms. The number of rotatable bonds is 3. The van der Waals surface area contributed by atoms with Crippen LogP contribution in [0, 0.1) is 0 Å². The van der Waals surface area contributed by atoms with E-state index in [0.29, 0.717) is 0 Å². The molecule has 0 unspecified atom stereocenters. The molecule has 4 aromatic rings. The molecule has 0 fully saturated rings. The Balaban J connectivity index is 1.61. The summed E-state index contributed by atoms with van der Waals surface area (Å²) in [5, 5.41) is 5.96. The molecular weight excluding hydrogens is 278 g/mol. The van der Waals surface area contributed by atoms with Gasteiger partial charge < -0.3 is 5.32 Å². The second kappa shape index (κ2) is 5.98. The lowest BCUT2D eigenvalue weighted by atomic mass is 10.0. The lowest BCUT2D eigenvalue weighted by Gasteiger charge is -2.08. The monoisotopic (exact) mass is 295 g/mol. The molecule has 0 radical (unpaired) electrons. The molecule has 0 heterocycles. The van der Waals surface area contributed by atoms with Crippen molar-refractivity contribution in [3.8, 4) is 11.1 Å². The van der Waals surface area contributed by atoms with Crippen molar-refractivity contribution >= 4 is 22.1 Å². The van der Waals surface area contributed by atoms with E-state index < -0.39 is 0 Å². The van der Waals surface area contributed by atoms with Crippen LogP contribution >= 0.6 is 0 Å². The third kappa shape index (κ3) is 2.95. The maximum absolute atomic E-state index is 3.41. The molecule has 4 aromatic carbocycles. The number of fused-ring (bicyclic) bond motifs is 1. The molecule has 0 aromatic heterocycles. The summed E-state index contributed by atoms with van der Waals surface area (Å²) in [7, 11) is 0. The maximum atomic E-state index is 3.41. The van der Waals surface area contributed by atoms with Gasteiger partial charge in [-0.2, -0.15) is 0 Å². The first-order valence-corrected chi connectivity index (χ1v) is 7.80. The first kappa shape index (κ1) is 13.6. The summed E-state index contributed by atoms with van der Waals surface area (Å²) >= 11 is 0. The number of anilines is 2. The van der Waals surface area contributed by atoms with Gasteiger partial charge in [0.1, 0.15) is 0 Å². The van der Waals surface area contributed by atoms with E-state index in [4.69, 9.17) is 0 Å². The first-order chi connectivity index (χ1) is 11.4. The van der Waals surface area contributed by atoms with E-state index in [-0.39, 0.29) is 0 Å². The van der Waals surface area contributed by atoms with Crippen molar-refractivity contribution in [2.75, 3.05) is 5.32 Å². The first-order valence-electron chi connectivity index (χ1n) is 7.80. The predicted molar refractivity (Wildman–Crippen MR) is 99.1 cm³/mol. The second-order valence-corrected chi connectivity index (χ2v) is 5.63. The Bertz CT molecular complexity index is 925. The van der Waals surface area contributed by atoms with E-state index >= 15 is 0 Å². The van der Waals surface area contributed by atoms with Gasteiger partial charge >= 0.3 is 0 Å². The highest BCUT2D eigenvalue weighted by Gasteiger charge is 2.00. The fourth-order valence-corrected chi connectivity index (χ4v) is 2.80. The molecular formula is C22H17N. The Hall–Kier alpha value is -3.06. The normalized spacial score (nSPS) is 10.6. The number of nitrogens with one attached hydrogen (secondary N) is 1. The lowest BCUT2D eigenvalue weighted by Crippen LogP contribution is -1.89. The molecule has 0 aliphatic heterocycles. The summed E-state index contributed by atoms with van der Waals surface area (Å²) in [4.78, 5) is 0. The van der Waals surface area contributed by atoms with Crippen LogP contribution in [0.25, 0.3) is 21.9 Å². The second-order valence-electron chi connectivity index (χ2n) is 5.63. The minimum atomic E-state index is 1.10.